The Bertz CT molecular complexity index is 347. The second-order valence-electron chi connectivity index (χ2n) is 3.13. The zero-order chi connectivity index (χ0) is 8.60. The third kappa shape index (κ3) is 1.09. The topological polar surface area (TPSA) is 23.8 Å². The largest absolute Gasteiger partial charge is 0.197 e. The van der Waals surface area contributed by atoms with Gasteiger partial charge in [0.05, 0.1) is 11.5 Å². The first kappa shape index (κ1) is 7.64. The third-order valence-electron chi connectivity index (χ3n) is 2.27. The maximum Gasteiger partial charge on any atom is 0.0824 e. The second-order valence-corrected chi connectivity index (χ2v) is 3.57. The highest BCUT2D eigenvalue weighted by molar-refractivity contribution is 6.30. The average molecular weight is 177 g/mol. The smallest absolute Gasteiger partial charge is 0.0824 e. The molecule has 0 heterocycles. The molecule has 59 valence electrons. The molecule has 0 atom stereocenters. The monoisotopic (exact) mass is 176 g/mol. The van der Waals surface area contributed by atoms with Crippen molar-refractivity contribution in [2.24, 2.45) is 0 Å². The summed E-state index contributed by atoms with van der Waals surface area (Å²) >= 11 is 5.79. The zero-order valence-electron chi connectivity index (χ0n) is 6.47. The van der Waals surface area contributed by atoms with E-state index in [0.717, 1.165) is 18.4 Å². The van der Waals surface area contributed by atoms with E-state index in [9.17, 15) is 0 Å². The van der Waals surface area contributed by atoms with Crippen LogP contribution in [-0.2, 0) is 5.41 Å². The first-order valence-electron chi connectivity index (χ1n) is 3.85. The van der Waals surface area contributed by atoms with Crippen molar-refractivity contribution in [2.75, 3.05) is 0 Å². The summed E-state index contributed by atoms with van der Waals surface area (Å²) in [6, 6.07) is 10.7. The lowest BCUT2D eigenvalue weighted by molar-refractivity contribution is 0.908. The molecule has 12 heavy (non-hydrogen) atoms. The van der Waals surface area contributed by atoms with E-state index in [-0.39, 0.29) is 5.41 Å². The molecule has 0 amide bonds. The molecular weight excluding hydrogens is 170 g/mol. The maximum atomic E-state index is 8.89. The molecule has 0 N–H and O–H groups in total. The van der Waals surface area contributed by atoms with Gasteiger partial charge in [0.1, 0.15) is 0 Å². The Morgan fingerprint density at radius 2 is 2.25 bits per heavy atom. The number of benzene rings is 1. The van der Waals surface area contributed by atoms with Gasteiger partial charge in [0, 0.05) is 5.02 Å². The molecule has 0 saturated heterocycles. The van der Waals surface area contributed by atoms with Gasteiger partial charge in [-0.2, -0.15) is 5.26 Å². The summed E-state index contributed by atoms with van der Waals surface area (Å²) in [5.41, 5.74) is 0.777. The first-order chi connectivity index (χ1) is 5.77. The summed E-state index contributed by atoms with van der Waals surface area (Å²) in [5, 5.41) is 9.56. The molecular formula is C10H7ClN. The van der Waals surface area contributed by atoms with E-state index < -0.39 is 0 Å². The number of nitrogens with zero attached hydrogens (tertiary/aromatic N) is 1. The number of hydrogen-bond acceptors (Lipinski definition) is 1. The Labute approximate surface area is 76.6 Å². The van der Waals surface area contributed by atoms with Gasteiger partial charge in [0.2, 0.25) is 0 Å². The molecule has 1 aliphatic rings. The Morgan fingerprint density at radius 1 is 1.50 bits per heavy atom. The molecule has 0 unspecified atom stereocenters. The van der Waals surface area contributed by atoms with E-state index in [2.05, 4.69) is 12.1 Å². The van der Waals surface area contributed by atoms with Crippen LogP contribution in [-0.4, -0.2) is 0 Å². The van der Waals surface area contributed by atoms with Crippen molar-refractivity contribution in [3.05, 3.63) is 34.9 Å². The van der Waals surface area contributed by atoms with Crippen LogP contribution in [0.4, 0.5) is 0 Å². The van der Waals surface area contributed by atoms with Crippen LogP contribution >= 0.6 is 11.6 Å². The molecule has 0 aliphatic heterocycles. The lowest BCUT2D eigenvalue weighted by Gasteiger charge is -2.04. The molecule has 0 spiro atoms. The molecule has 0 bridgehead atoms. The molecule has 2 heteroatoms. The van der Waals surface area contributed by atoms with Crippen molar-refractivity contribution in [2.45, 2.75) is 18.3 Å². The zero-order valence-corrected chi connectivity index (χ0v) is 7.23. The quantitative estimate of drug-likeness (QED) is 0.646. The van der Waals surface area contributed by atoms with Gasteiger partial charge in [-0.3, -0.25) is 0 Å². The van der Waals surface area contributed by atoms with Crippen LogP contribution in [0, 0.1) is 17.4 Å². The molecule has 1 nitrogen and oxygen atoms in total. The molecule has 2 rings (SSSR count). The van der Waals surface area contributed by atoms with E-state index in [1.165, 1.54) is 0 Å². The Morgan fingerprint density at radius 3 is 2.75 bits per heavy atom. The predicted molar refractivity (Wildman–Crippen MR) is 46.8 cm³/mol. The van der Waals surface area contributed by atoms with Gasteiger partial charge in [0.15, 0.2) is 0 Å². The van der Waals surface area contributed by atoms with Crippen molar-refractivity contribution in [3.8, 4) is 6.07 Å². The normalized spacial score (nSPS) is 18.3. The van der Waals surface area contributed by atoms with Gasteiger partial charge in [-0.25, -0.2) is 0 Å². The van der Waals surface area contributed by atoms with E-state index in [1.54, 1.807) is 6.07 Å². The van der Waals surface area contributed by atoms with E-state index >= 15 is 0 Å². The number of nitriles is 1. The minimum absolute atomic E-state index is 0.235. The molecule has 1 radical (unpaired) electrons. The van der Waals surface area contributed by atoms with Gasteiger partial charge in [-0.15, -0.1) is 0 Å². The van der Waals surface area contributed by atoms with Crippen LogP contribution in [0.15, 0.2) is 18.2 Å². The summed E-state index contributed by atoms with van der Waals surface area (Å²) in [4.78, 5) is 0. The Hall–Kier alpha value is -1.00. The summed E-state index contributed by atoms with van der Waals surface area (Å²) in [5.74, 6) is 0. The van der Waals surface area contributed by atoms with Gasteiger partial charge < -0.3 is 0 Å². The highest BCUT2D eigenvalue weighted by Crippen LogP contribution is 2.47. The first-order valence-corrected chi connectivity index (χ1v) is 4.23. The highest BCUT2D eigenvalue weighted by Gasteiger charge is 2.44. The lowest BCUT2D eigenvalue weighted by atomic mass is 9.98. The van der Waals surface area contributed by atoms with E-state index in [4.69, 9.17) is 16.9 Å². The van der Waals surface area contributed by atoms with Crippen LogP contribution < -0.4 is 0 Å². The molecule has 0 aromatic heterocycles. The summed E-state index contributed by atoms with van der Waals surface area (Å²) in [6.45, 7) is 0. The summed E-state index contributed by atoms with van der Waals surface area (Å²) in [6.07, 6.45) is 1.91. The van der Waals surface area contributed by atoms with Crippen molar-refractivity contribution in [1.82, 2.24) is 0 Å². The van der Waals surface area contributed by atoms with Crippen LogP contribution in [0.1, 0.15) is 18.4 Å². The molecule has 1 fully saturated rings. The summed E-state index contributed by atoms with van der Waals surface area (Å²) in [7, 11) is 0. The lowest BCUT2D eigenvalue weighted by Crippen LogP contribution is -2.01. The third-order valence-corrected chi connectivity index (χ3v) is 2.49. The highest BCUT2D eigenvalue weighted by atomic mass is 35.5. The number of hydrogen-bond donors (Lipinski definition) is 0. The predicted octanol–water partition coefficient (Wildman–Crippen LogP) is 2.70. The maximum absolute atomic E-state index is 8.89. The van der Waals surface area contributed by atoms with Crippen molar-refractivity contribution >= 4 is 11.6 Å². The van der Waals surface area contributed by atoms with Crippen molar-refractivity contribution in [1.29, 1.82) is 5.26 Å². The minimum atomic E-state index is -0.235. The Balaban J connectivity index is 2.42. The molecule has 1 saturated carbocycles. The van der Waals surface area contributed by atoms with Gasteiger partial charge in [-0.1, -0.05) is 11.6 Å². The second kappa shape index (κ2) is 2.50. The average Bonchev–Trinajstić information content (AvgIpc) is 2.84. The van der Waals surface area contributed by atoms with Crippen LogP contribution in [0.25, 0.3) is 0 Å². The minimum Gasteiger partial charge on any atom is -0.197 e. The number of halogens is 1. The van der Waals surface area contributed by atoms with Crippen LogP contribution in [0.2, 0.25) is 5.02 Å². The number of rotatable bonds is 1. The van der Waals surface area contributed by atoms with Crippen LogP contribution in [0.5, 0.6) is 0 Å². The summed E-state index contributed by atoms with van der Waals surface area (Å²) < 4.78 is 0. The van der Waals surface area contributed by atoms with E-state index in [1.807, 2.05) is 12.1 Å². The molecule has 1 aromatic carbocycles. The van der Waals surface area contributed by atoms with Gasteiger partial charge in [-0.05, 0) is 42.7 Å². The van der Waals surface area contributed by atoms with Gasteiger partial charge >= 0.3 is 0 Å². The fraction of sp³-hybridized carbons (Fsp3) is 0.300. The van der Waals surface area contributed by atoms with Crippen LogP contribution in [0.3, 0.4) is 0 Å². The molecule has 1 aromatic rings. The molecule has 1 aliphatic carbocycles. The fourth-order valence-corrected chi connectivity index (χ4v) is 1.49. The fourth-order valence-electron chi connectivity index (χ4n) is 1.31. The standard InChI is InChI=1S/C10H7ClN/c11-9-3-1-2-8(6-9)10(7-12)4-5-10/h2-3,6H,4-5H2. The van der Waals surface area contributed by atoms with Crippen molar-refractivity contribution in [3.63, 3.8) is 0 Å². The van der Waals surface area contributed by atoms with E-state index in [0.29, 0.717) is 5.02 Å². The SMILES string of the molecule is N#CC1(c2c[c]cc(Cl)c2)CC1. The van der Waals surface area contributed by atoms with Crippen molar-refractivity contribution < 1.29 is 0 Å². The van der Waals surface area contributed by atoms with Gasteiger partial charge in [0.25, 0.3) is 0 Å². The Kier molecular flexibility index (Phi) is 1.59.